The molecular weight excluding hydrogens is 311 g/mol. The zero-order valence-corrected chi connectivity index (χ0v) is 12.8. The van der Waals surface area contributed by atoms with E-state index in [1.54, 1.807) is 0 Å². The molecule has 0 aliphatic carbocycles. The molecule has 1 rings (SSSR count). The van der Waals surface area contributed by atoms with Crippen molar-refractivity contribution >= 4 is 17.0 Å². The van der Waals surface area contributed by atoms with E-state index in [1.807, 2.05) is 0 Å². The quantitative estimate of drug-likeness (QED) is 0.783. The summed E-state index contributed by atoms with van der Waals surface area (Å²) in [5, 5.41) is 0. The molecule has 1 radical (unpaired) electrons. The number of hydrogen-bond acceptors (Lipinski definition) is 2. The normalized spacial score (nSPS) is 11.9. The van der Waals surface area contributed by atoms with Gasteiger partial charge in [0, 0.05) is 46.1 Å². The fourth-order valence-corrected chi connectivity index (χ4v) is 1.59. The third kappa shape index (κ3) is 6.00. The van der Waals surface area contributed by atoms with E-state index in [-0.39, 0.29) is 33.5 Å². The summed E-state index contributed by atoms with van der Waals surface area (Å²) in [6.45, 7) is 1.05. The second kappa shape index (κ2) is 9.18. The molecular formula is C12H20BrN2Ni. The van der Waals surface area contributed by atoms with Gasteiger partial charge in [-0.25, -0.2) is 0 Å². The minimum Gasteiger partial charge on any atom is -0.308 e. The van der Waals surface area contributed by atoms with Gasteiger partial charge in [-0.2, -0.15) is 0 Å². The van der Waals surface area contributed by atoms with Crippen LogP contribution in [0.25, 0.3) is 0 Å². The zero-order valence-electron chi connectivity index (χ0n) is 10.3. The first-order valence-corrected chi connectivity index (χ1v) is 4.97. The number of halogens is 1. The summed E-state index contributed by atoms with van der Waals surface area (Å²) in [6, 6.07) is 11.1. The van der Waals surface area contributed by atoms with Crippen LogP contribution in [0.3, 0.4) is 0 Å². The Balaban J connectivity index is 0. The Hall–Kier alpha value is 0.114. The molecule has 1 aromatic rings. The van der Waals surface area contributed by atoms with E-state index in [1.165, 1.54) is 5.56 Å². The fourth-order valence-electron chi connectivity index (χ4n) is 1.59. The van der Waals surface area contributed by atoms with Crippen molar-refractivity contribution < 1.29 is 16.5 Å². The molecule has 0 aromatic heterocycles. The average molecular weight is 331 g/mol. The van der Waals surface area contributed by atoms with Gasteiger partial charge >= 0.3 is 0 Å². The summed E-state index contributed by atoms with van der Waals surface area (Å²) in [4.78, 5) is 4.48. The Bertz CT molecular complexity index is 265. The molecule has 0 aliphatic rings. The van der Waals surface area contributed by atoms with Gasteiger partial charge in [0.2, 0.25) is 0 Å². The van der Waals surface area contributed by atoms with Crippen LogP contribution in [0.1, 0.15) is 11.6 Å². The van der Waals surface area contributed by atoms with Crippen molar-refractivity contribution in [2.75, 3.05) is 34.7 Å². The summed E-state index contributed by atoms with van der Waals surface area (Å²) in [5.74, 6) is 0. The SMILES string of the molecule is CN(C)CC(c1ccccc1)N(C)C.[Br].[Ni]. The van der Waals surface area contributed by atoms with Gasteiger partial charge in [0.25, 0.3) is 0 Å². The maximum Gasteiger partial charge on any atom is 0.0469 e. The molecule has 0 N–H and O–H groups in total. The van der Waals surface area contributed by atoms with E-state index in [2.05, 4.69) is 68.3 Å². The summed E-state index contributed by atoms with van der Waals surface area (Å²) >= 11 is 0. The van der Waals surface area contributed by atoms with Gasteiger partial charge in [-0.15, -0.1) is 0 Å². The molecule has 0 heterocycles. The second-order valence-electron chi connectivity index (χ2n) is 4.15. The smallest absolute Gasteiger partial charge is 0.0469 e. The van der Waals surface area contributed by atoms with Gasteiger partial charge in [-0.1, -0.05) is 30.3 Å². The van der Waals surface area contributed by atoms with E-state index >= 15 is 0 Å². The molecule has 0 saturated heterocycles. The molecule has 0 saturated carbocycles. The van der Waals surface area contributed by atoms with Crippen LogP contribution in [-0.2, 0) is 16.5 Å². The van der Waals surface area contributed by atoms with Gasteiger partial charge in [-0.3, -0.25) is 0 Å². The zero-order chi connectivity index (χ0) is 10.6. The molecule has 0 aliphatic heterocycles. The predicted octanol–water partition coefficient (Wildman–Crippen LogP) is 2.69. The standard InChI is InChI=1S/C12H20N2.Br.Ni/c1-13(2)10-12(14(3)4)11-8-6-5-7-9-11;;/h5-9,12H,10H2,1-4H3;;. The summed E-state index contributed by atoms with van der Waals surface area (Å²) in [5.41, 5.74) is 1.38. The van der Waals surface area contributed by atoms with Crippen molar-refractivity contribution in [1.29, 1.82) is 0 Å². The Morgan fingerprint density at radius 2 is 1.50 bits per heavy atom. The third-order valence-corrected chi connectivity index (χ3v) is 2.35. The monoisotopic (exact) mass is 329 g/mol. The molecule has 4 heteroatoms. The fraction of sp³-hybridized carbons (Fsp3) is 0.500. The Morgan fingerprint density at radius 3 is 1.88 bits per heavy atom. The first-order valence-electron chi connectivity index (χ1n) is 4.97. The van der Waals surface area contributed by atoms with Gasteiger partial charge in [-0.05, 0) is 33.8 Å². The van der Waals surface area contributed by atoms with Gasteiger partial charge in [0.05, 0.1) is 0 Å². The van der Waals surface area contributed by atoms with Crippen LogP contribution < -0.4 is 0 Å². The summed E-state index contributed by atoms with van der Waals surface area (Å²) in [7, 11) is 8.47. The topological polar surface area (TPSA) is 6.48 Å². The van der Waals surface area contributed by atoms with Crippen LogP contribution in [0.15, 0.2) is 30.3 Å². The van der Waals surface area contributed by atoms with Gasteiger partial charge < -0.3 is 9.80 Å². The van der Waals surface area contributed by atoms with Gasteiger partial charge in [0.15, 0.2) is 0 Å². The minimum absolute atomic E-state index is 0. The van der Waals surface area contributed by atoms with E-state index in [0.29, 0.717) is 6.04 Å². The van der Waals surface area contributed by atoms with E-state index in [0.717, 1.165) is 6.54 Å². The maximum atomic E-state index is 2.26. The van der Waals surface area contributed by atoms with Crippen LogP contribution >= 0.6 is 17.0 Å². The van der Waals surface area contributed by atoms with E-state index < -0.39 is 0 Å². The molecule has 0 amide bonds. The first kappa shape index (κ1) is 18.5. The second-order valence-corrected chi connectivity index (χ2v) is 4.15. The van der Waals surface area contributed by atoms with Crippen LogP contribution in [0.5, 0.6) is 0 Å². The molecule has 1 unspecified atom stereocenters. The van der Waals surface area contributed by atoms with Crippen molar-refractivity contribution in [3.05, 3.63) is 35.9 Å². The average Bonchev–Trinajstić information content (AvgIpc) is 2.15. The Labute approximate surface area is 120 Å². The molecule has 0 spiro atoms. The number of benzene rings is 1. The largest absolute Gasteiger partial charge is 0.308 e. The van der Waals surface area contributed by atoms with Crippen LogP contribution in [0.2, 0.25) is 0 Å². The summed E-state index contributed by atoms with van der Waals surface area (Å²) in [6.07, 6.45) is 0. The van der Waals surface area contributed by atoms with Crippen LogP contribution in [0.4, 0.5) is 0 Å². The maximum absolute atomic E-state index is 2.26. The Morgan fingerprint density at radius 1 is 1.00 bits per heavy atom. The van der Waals surface area contributed by atoms with Crippen molar-refractivity contribution in [3.63, 3.8) is 0 Å². The van der Waals surface area contributed by atoms with Crippen molar-refractivity contribution in [3.8, 4) is 0 Å². The van der Waals surface area contributed by atoms with Crippen molar-refractivity contribution in [1.82, 2.24) is 9.80 Å². The predicted molar refractivity (Wildman–Crippen MR) is 70.4 cm³/mol. The van der Waals surface area contributed by atoms with Crippen molar-refractivity contribution in [2.24, 2.45) is 0 Å². The van der Waals surface area contributed by atoms with Crippen LogP contribution in [0, 0.1) is 0 Å². The molecule has 2 nitrogen and oxygen atoms in total. The minimum atomic E-state index is 0. The molecule has 0 bridgehead atoms. The number of likely N-dealkylation sites (N-methyl/N-ethyl adjacent to an activating group) is 2. The first-order chi connectivity index (χ1) is 6.61. The number of nitrogens with zero attached hydrogens (tertiary/aromatic N) is 2. The summed E-state index contributed by atoms with van der Waals surface area (Å²) < 4.78 is 0. The van der Waals surface area contributed by atoms with E-state index in [4.69, 9.17) is 0 Å². The molecule has 1 atom stereocenters. The molecule has 1 aromatic carbocycles. The Kier molecular flexibility index (Phi) is 10.6. The number of hydrogen-bond donors (Lipinski definition) is 0. The molecule has 0 fully saturated rings. The molecule has 95 valence electrons. The third-order valence-electron chi connectivity index (χ3n) is 2.35. The van der Waals surface area contributed by atoms with E-state index in [9.17, 15) is 0 Å². The van der Waals surface area contributed by atoms with Crippen molar-refractivity contribution in [2.45, 2.75) is 6.04 Å². The van der Waals surface area contributed by atoms with Gasteiger partial charge in [0.1, 0.15) is 0 Å². The van der Waals surface area contributed by atoms with Crippen LogP contribution in [-0.4, -0.2) is 44.5 Å². The molecule has 16 heavy (non-hydrogen) atoms. The number of rotatable bonds is 4.